The Kier molecular flexibility index (Phi) is 27.7. The molecule has 0 aliphatic carbocycles. The number of aryl methyl sites for hydroxylation is 1. The number of hydrogen-bond donors (Lipinski definition) is 2. The van der Waals surface area contributed by atoms with Gasteiger partial charge in [0.1, 0.15) is 32.9 Å². The first kappa shape index (κ1) is 62.8. The van der Waals surface area contributed by atoms with E-state index in [0.717, 1.165) is 31.4 Å². The molecule has 25 nitrogen and oxygen atoms in total. The van der Waals surface area contributed by atoms with E-state index in [1.54, 1.807) is 0 Å². The summed E-state index contributed by atoms with van der Waals surface area (Å²) in [5.41, 5.74) is 4.44. The molecule has 3 N–H and O–H groups in total. The number of phenolic OH excluding ortho intramolecular Hbond substituents is 1. The number of fused-ring (bicyclic) bond motifs is 1. The van der Waals surface area contributed by atoms with Gasteiger partial charge in [-0.15, -0.1) is 19.7 Å². The van der Waals surface area contributed by atoms with Crippen LogP contribution in [0.5, 0.6) is 11.5 Å². The van der Waals surface area contributed by atoms with Crippen molar-refractivity contribution in [3.63, 3.8) is 0 Å². The van der Waals surface area contributed by atoms with E-state index in [1.807, 2.05) is 0 Å². The molecule has 322 valence electrons. The minimum atomic E-state index is -5.43. The van der Waals surface area contributed by atoms with Gasteiger partial charge in [-0.2, -0.15) is 9.45 Å². The Balaban J connectivity index is 0.00000961. The average Bonchev–Trinajstić information content (AvgIpc) is 3.15. The quantitative estimate of drug-likeness (QED) is 0.00900. The molecule has 63 heavy (non-hydrogen) atoms. The SMILES string of the molecule is COc1cc(S(=O)(=O)CCOS(=O)(=O)[O-])c(C)cc1N=Nc1cc(S(=O)(=O)[O-])c2cc(SOO[O-])c(N=Nc3cccc(S(=O)(=O)CCOSOO[O-])c3)c(O)c2c1N.[Na+].[Na+].[Na+].[Na+]. The largest absolute Gasteiger partial charge is 1.00 e. The maximum absolute atomic E-state index is 12.9. The topological polar surface area (TPSA) is 389 Å². The van der Waals surface area contributed by atoms with Crippen LogP contribution in [0.1, 0.15) is 5.56 Å². The van der Waals surface area contributed by atoms with E-state index in [1.165, 1.54) is 25.1 Å². The van der Waals surface area contributed by atoms with Gasteiger partial charge in [-0.25, -0.2) is 33.7 Å². The third-order valence-electron chi connectivity index (χ3n) is 7.38. The summed E-state index contributed by atoms with van der Waals surface area (Å²) in [4.78, 5) is -2.01. The first-order valence-corrected chi connectivity index (χ1v) is 22.7. The molecule has 0 unspecified atom stereocenters. The summed E-state index contributed by atoms with van der Waals surface area (Å²) in [5, 5.41) is 53.1. The van der Waals surface area contributed by atoms with Crippen LogP contribution in [0.3, 0.4) is 0 Å². The minimum absolute atomic E-state index is 0. The number of ether oxygens (including phenoxy) is 1. The van der Waals surface area contributed by atoms with Crippen molar-refractivity contribution in [3.05, 3.63) is 54.1 Å². The standard InChI is InChI=1S/C28H29N5O20S6.4Na/c1-15-10-19(21(47-2)14-23(15)57(39,40)9-7-49-59(44,45)46)31-32-20-13-24(58(41,42)43)18-12-22(54-52-50-35)27(28(34)25(18)26(20)29)33-30-16-4-3-5-17(11-16)56(37,38)8-6-48-55-53-51-36;;;;/h3-5,10-14,34-36H,6-9,29H2,1-2H3,(H,41,42,43)(H,44,45,46);;;;/q;4*+1/p-4. The Morgan fingerprint density at radius 3 is 2.00 bits per heavy atom. The van der Waals surface area contributed by atoms with Gasteiger partial charge in [-0.3, -0.25) is 18.4 Å². The van der Waals surface area contributed by atoms with Gasteiger partial charge in [-0.1, -0.05) is 6.07 Å². The number of nitrogens with zero attached hydrogens (tertiary/aromatic N) is 4. The third kappa shape index (κ3) is 17.7. The van der Waals surface area contributed by atoms with Crippen LogP contribution in [0.4, 0.5) is 28.4 Å². The molecule has 4 rings (SSSR count). The zero-order chi connectivity index (χ0) is 43.8. The zero-order valence-electron chi connectivity index (χ0n) is 33.5. The summed E-state index contributed by atoms with van der Waals surface area (Å²) >= 11 is 0.204. The number of anilines is 1. The van der Waals surface area contributed by atoms with Crippen molar-refractivity contribution in [3.8, 4) is 11.5 Å². The molecule has 4 aromatic carbocycles. The molecule has 0 saturated carbocycles. The van der Waals surface area contributed by atoms with Crippen LogP contribution in [0.2, 0.25) is 0 Å². The summed E-state index contributed by atoms with van der Waals surface area (Å²) in [7, 11) is -17.8. The molecule has 0 radical (unpaired) electrons. The number of nitrogen functional groups attached to an aromatic ring is 1. The van der Waals surface area contributed by atoms with E-state index < -0.39 is 103 Å². The van der Waals surface area contributed by atoms with Gasteiger partial charge in [0.15, 0.2) is 37.7 Å². The number of sulfone groups is 2. The fraction of sp³-hybridized carbons (Fsp3) is 0.214. The Hall–Kier alpha value is -0.160. The maximum Gasteiger partial charge on any atom is 1.00 e. The molecule has 0 aliphatic rings. The van der Waals surface area contributed by atoms with Crippen LogP contribution in [0.15, 0.2) is 88.6 Å². The molecule has 4 aromatic rings. The van der Waals surface area contributed by atoms with Gasteiger partial charge in [-0.05, 0) is 48.9 Å². The van der Waals surface area contributed by atoms with Crippen LogP contribution in [0.25, 0.3) is 10.8 Å². The fourth-order valence-electron chi connectivity index (χ4n) is 4.88. The van der Waals surface area contributed by atoms with Crippen LogP contribution < -0.4 is 139 Å². The van der Waals surface area contributed by atoms with Gasteiger partial charge in [0.05, 0.1) is 80.2 Å². The van der Waals surface area contributed by atoms with Crippen LogP contribution >= 0.6 is 24.4 Å². The van der Waals surface area contributed by atoms with E-state index in [2.05, 4.69) is 43.4 Å². The molecule has 35 heteroatoms. The monoisotopic (exact) mass is 1030 g/mol. The van der Waals surface area contributed by atoms with Crippen LogP contribution in [0, 0.1) is 6.92 Å². The molecule has 0 bridgehead atoms. The van der Waals surface area contributed by atoms with Crippen molar-refractivity contribution in [2.75, 3.05) is 37.6 Å². The third-order valence-corrected chi connectivity index (χ3v) is 13.2. The van der Waals surface area contributed by atoms with E-state index in [4.69, 9.17) is 14.7 Å². The minimum Gasteiger partial charge on any atom is -0.744 e. The normalized spacial score (nSPS) is 12.1. The van der Waals surface area contributed by atoms with Gasteiger partial charge in [0.2, 0.25) is 10.4 Å². The molecule has 0 amide bonds. The van der Waals surface area contributed by atoms with E-state index >= 15 is 0 Å². The van der Waals surface area contributed by atoms with Crippen molar-refractivity contribution in [2.24, 2.45) is 20.5 Å². The second kappa shape index (κ2) is 27.7. The Labute approximate surface area is 456 Å². The van der Waals surface area contributed by atoms with Gasteiger partial charge < -0.3 is 35.2 Å². The number of aromatic hydroxyl groups is 1. The second-order valence-corrected chi connectivity index (χ2v) is 18.9. The number of benzene rings is 4. The molecule has 0 fully saturated rings. The Morgan fingerprint density at radius 2 is 1.40 bits per heavy atom. The first-order valence-electron chi connectivity index (χ1n) is 15.3. The van der Waals surface area contributed by atoms with E-state index in [9.17, 15) is 58.4 Å². The summed E-state index contributed by atoms with van der Waals surface area (Å²) < 4.78 is 143. The van der Waals surface area contributed by atoms with Gasteiger partial charge in [0.25, 0.3) is 0 Å². The van der Waals surface area contributed by atoms with Crippen molar-refractivity contribution >= 4 is 104 Å². The van der Waals surface area contributed by atoms with Crippen molar-refractivity contribution < 1.29 is 208 Å². The molecular weight excluding hydrogens is 1010 g/mol. The van der Waals surface area contributed by atoms with Gasteiger partial charge in [0, 0.05) is 11.5 Å². The molecule has 0 aliphatic heterocycles. The van der Waals surface area contributed by atoms with Crippen molar-refractivity contribution in [1.29, 1.82) is 0 Å². The first-order chi connectivity index (χ1) is 27.6. The molecular formula is C28H25N5Na4O20S6. The number of azo groups is 2. The van der Waals surface area contributed by atoms with E-state index in [-0.39, 0.29) is 180 Å². The predicted molar refractivity (Wildman–Crippen MR) is 194 cm³/mol. The number of rotatable bonds is 21. The molecule has 0 atom stereocenters. The predicted octanol–water partition coefficient (Wildman–Crippen LogP) is -9.75. The van der Waals surface area contributed by atoms with Crippen LogP contribution in [-0.2, 0) is 67.3 Å². The van der Waals surface area contributed by atoms with Gasteiger partial charge >= 0.3 is 118 Å². The zero-order valence-corrected chi connectivity index (χ0v) is 46.4. The summed E-state index contributed by atoms with van der Waals surface area (Å²) in [6.07, 6.45) is 0. The average molecular weight is 1040 g/mol. The molecule has 0 saturated heterocycles. The van der Waals surface area contributed by atoms with Crippen molar-refractivity contribution in [2.45, 2.75) is 26.5 Å². The Bertz CT molecular complexity index is 2740. The molecule has 0 spiro atoms. The summed E-state index contributed by atoms with van der Waals surface area (Å²) in [5.74, 6) is -2.68. The fourth-order valence-corrected chi connectivity index (χ4v) is 9.24. The maximum atomic E-state index is 12.9. The number of phenols is 1. The summed E-state index contributed by atoms with van der Waals surface area (Å²) in [6.45, 7) is -0.0844. The Morgan fingerprint density at radius 1 is 0.762 bits per heavy atom. The molecule has 0 aromatic heterocycles. The number of methoxy groups -OCH3 is 1. The van der Waals surface area contributed by atoms with Crippen LogP contribution in [-0.4, -0.2) is 79.7 Å². The van der Waals surface area contributed by atoms with E-state index in [0.29, 0.717) is 6.07 Å². The summed E-state index contributed by atoms with van der Waals surface area (Å²) in [6, 6.07) is 8.68. The van der Waals surface area contributed by atoms with Crippen molar-refractivity contribution in [1.82, 2.24) is 0 Å². The number of hydrogen-bond acceptors (Lipinski definition) is 27. The number of nitrogens with two attached hydrogens (primary N) is 1. The second-order valence-electron chi connectivity index (χ2n) is 11.1. The molecule has 0 heterocycles. The smallest absolute Gasteiger partial charge is 0.744 e.